The van der Waals surface area contributed by atoms with Gasteiger partial charge in [0.25, 0.3) is 11.8 Å². The van der Waals surface area contributed by atoms with Crippen molar-refractivity contribution < 1.29 is 9.59 Å². The maximum Gasteiger partial charge on any atom is 0.258 e. The number of carbonyl (C=O) groups excluding carboxylic acids is 2. The van der Waals surface area contributed by atoms with Gasteiger partial charge in [0.05, 0.1) is 0 Å². The van der Waals surface area contributed by atoms with E-state index in [0.29, 0.717) is 17.7 Å². The predicted octanol–water partition coefficient (Wildman–Crippen LogP) is 4.37. The number of carbonyl (C=O) groups is 2. The molecular weight excluding hydrogens is 324 g/mol. The molecule has 0 aliphatic carbocycles. The average molecular weight is 350 g/mol. The molecule has 26 heavy (non-hydrogen) atoms. The molecule has 0 N–H and O–H groups in total. The molecule has 1 heterocycles. The average Bonchev–Trinajstić information content (AvgIpc) is 2.98. The molecule has 0 radical (unpaired) electrons. The monoisotopic (exact) mass is 350 g/mol. The van der Waals surface area contributed by atoms with Crippen LogP contribution in [-0.2, 0) is 0 Å². The van der Waals surface area contributed by atoms with Crippen LogP contribution in [0.15, 0.2) is 54.6 Å². The standard InChI is InChI=1S/C22H26N2O2/c1-2-24(20-10-6-5-7-11-20)22(26)19-14-12-18(13-15-19)21(25)23-16-8-3-4-9-17-23/h5-7,10-15H,2-4,8-9,16-17H2,1H3. The van der Waals surface area contributed by atoms with Gasteiger partial charge < -0.3 is 9.80 Å². The van der Waals surface area contributed by atoms with Crippen LogP contribution >= 0.6 is 0 Å². The summed E-state index contributed by atoms with van der Waals surface area (Å²) in [7, 11) is 0. The molecule has 4 heteroatoms. The molecule has 0 saturated carbocycles. The first-order valence-electron chi connectivity index (χ1n) is 9.47. The lowest BCUT2D eigenvalue weighted by Gasteiger charge is -2.22. The van der Waals surface area contributed by atoms with Crippen molar-refractivity contribution in [2.75, 3.05) is 24.5 Å². The number of anilines is 1. The van der Waals surface area contributed by atoms with Gasteiger partial charge in [0.2, 0.25) is 0 Å². The molecule has 4 nitrogen and oxygen atoms in total. The van der Waals surface area contributed by atoms with E-state index in [1.807, 2.05) is 42.2 Å². The Morgan fingerprint density at radius 3 is 2.00 bits per heavy atom. The Morgan fingerprint density at radius 1 is 0.846 bits per heavy atom. The molecule has 1 fully saturated rings. The third kappa shape index (κ3) is 4.13. The third-order valence-corrected chi connectivity index (χ3v) is 4.90. The summed E-state index contributed by atoms with van der Waals surface area (Å²) < 4.78 is 0. The second-order valence-electron chi connectivity index (χ2n) is 6.67. The molecule has 0 aromatic heterocycles. The summed E-state index contributed by atoms with van der Waals surface area (Å²) in [6.07, 6.45) is 4.54. The largest absolute Gasteiger partial charge is 0.339 e. The van der Waals surface area contributed by atoms with Crippen molar-refractivity contribution in [3.63, 3.8) is 0 Å². The first-order chi connectivity index (χ1) is 12.7. The van der Waals surface area contributed by atoms with E-state index < -0.39 is 0 Å². The summed E-state index contributed by atoms with van der Waals surface area (Å²) in [6, 6.07) is 16.7. The lowest BCUT2D eigenvalue weighted by atomic mass is 10.1. The van der Waals surface area contributed by atoms with E-state index in [-0.39, 0.29) is 11.8 Å². The van der Waals surface area contributed by atoms with Gasteiger partial charge in [-0.15, -0.1) is 0 Å². The number of nitrogens with zero attached hydrogens (tertiary/aromatic N) is 2. The second kappa shape index (κ2) is 8.65. The molecule has 0 bridgehead atoms. The van der Waals surface area contributed by atoms with Crippen LogP contribution in [0.3, 0.4) is 0 Å². The number of benzene rings is 2. The zero-order chi connectivity index (χ0) is 18.4. The van der Waals surface area contributed by atoms with Gasteiger partial charge in [-0.2, -0.15) is 0 Å². The third-order valence-electron chi connectivity index (χ3n) is 4.90. The van der Waals surface area contributed by atoms with Crippen molar-refractivity contribution in [1.82, 2.24) is 4.90 Å². The molecule has 0 unspecified atom stereocenters. The number of para-hydroxylation sites is 1. The van der Waals surface area contributed by atoms with Crippen LogP contribution in [0.25, 0.3) is 0 Å². The smallest absolute Gasteiger partial charge is 0.258 e. The van der Waals surface area contributed by atoms with Gasteiger partial charge in [0.15, 0.2) is 0 Å². The highest BCUT2D eigenvalue weighted by Gasteiger charge is 2.19. The van der Waals surface area contributed by atoms with E-state index in [2.05, 4.69) is 0 Å². The van der Waals surface area contributed by atoms with Crippen LogP contribution in [0, 0.1) is 0 Å². The molecule has 3 rings (SSSR count). The van der Waals surface area contributed by atoms with Crippen LogP contribution in [0.4, 0.5) is 5.69 Å². The van der Waals surface area contributed by atoms with Crippen LogP contribution < -0.4 is 4.90 Å². The minimum atomic E-state index is -0.0486. The van der Waals surface area contributed by atoms with Crippen LogP contribution in [-0.4, -0.2) is 36.3 Å². The van der Waals surface area contributed by atoms with Gasteiger partial charge >= 0.3 is 0 Å². The summed E-state index contributed by atoms with van der Waals surface area (Å²) >= 11 is 0. The van der Waals surface area contributed by atoms with Gasteiger partial charge in [-0.1, -0.05) is 31.0 Å². The zero-order valence-corrected chi connectivity index (χ0v) is 15.4. The number of hydrogen-bond acceptors (Lipinski definition) is 2. The van der Waals surface area contributed by atoms with Crippen LogP contribution in [0.2, 0.25) is 0 Å². The van der Waals surface area contributed by atoms with Crippen molar-refractivity contribution in [3.8, 4) is 0 Å². The zero-order valence-electron chi connectivity index (χ0n) is 15.4. The highest BCUT2D eigenvalue weighted by molar-refractivity contribution is 6.06. The van der Waals surface area contributed by atoms with Crippen molar-refractivity contribution in [2.45, 2.75) is 32.6 Å². The quantitative estimate of drug-likeness (QED) is 0.821. The molecule has 2 aromatic rings. The molecular formula is C22H26N2O2. The molecule has 1 aliphatic heterocycles. The Balaban J connectivity index is 1.74. The molecule has 0 spiro atoms. The number of likely N-dealkylation sites (tertiary alicyclic amines) is 1. The van der Waals surface area contributed by atoms with Crippen molar-refractivity contribution in [3.05, 3.63) is 65.7 Å². The highest BCUT2D eigenvalue weighted by atomic mass is 16.2. The molecule has 2 amide bonds. The van der Waals surface area contributed by atoms with E-state index in [4.69, 9.17) is 0 Å². The minimum Gasteiger partial charge on any atom is -0.339 e. The summed E-state index contributed by atoms with van der Waals surface area (Å²) in [5.41, 5.74) is 2.14. The van der Waals surface area contributed by atoms with E-state index in [1.54, 1.807) is 29.2 Å². The summed E-state index contributed by atoms with van der Waals surface area (Å²) in [5, 5.41) is 0. The van der Waals surface area contributed by atoms with Gasteiger partial charge in [0, 0.05) is 36.4 Å². The fourth-order valence-electron chi connectivity index (χ4n) is 3.42. The Bertz CT molecular complexity index is 732. The fraction of sp³-hybridized carbons (Fsp3) is 0.364. The second-order valence-corrected chi connectivity index (χ2v) is 6.67. The van der Waals surface area contributed by atoms with Gasteiger partial charge in [-0.25, -0.2) is 0 Å². The van der Waals surface area contributed by atoms with Crippen molar-refractivity contribution >= 4 is 17.5 Å². The maximum absolute atomic E-state index is 12.8. The molecule has 2 aromatic carbocycles. The normalized spacial score (nSPS) is 14.6. The van der Waals surface area contributed by atoms with Crippen LogP contribution in [0.1, 0.15) is 53.3 Å². The summed E-state index contributed by atoms with van der Waals surface area (Å²) in [4.78, 5) is 29.2. The van der Waals surface area contributed by atoms with Crippen LogP contribution in [0.5, 0.6) is 0 Å². The fourth-order valence-corrected chi connectivity index (χ4v) is 3.42. The van der Waals surface area contributed by atoms with Gasteiger partial charge in [0.1, 0.15) is 0 Å². The maximum atomic E-state index is 12.8. The minimum absolute atomic E-state index is 0.0486. The molecule has 1 saturated heterocycles. The topological polar surface area (TPSA) is 40.6 Å². The number of rotatable bonds is 4. The Kier molecular flexibility index (Phi) is 6.05. The Hall–Kier alpha value is -2.62. The van der Waals surface area contributed by atoms with E-state index in [9.17, 15) is 9.59 Å². The predicted molar refractivity (Wildman–Crippen MR) is 105 cm³/mol. The van der Waals surface area contributed by atoms with E-state index in [1.165, 1.54) is 12.8 Å². The molecule has 136 valence electrons. The Morgan fingerprint density at radius 2 is 1.42 bits per heavy atom. The lowest BCUT2D eigenvalue weighted by Crippen LogP contribution is -2.32. The first kappa shape index (κ1) is 18.2. The van der Waals surface area contributed by atoms with Gasteiger partial charge in [-0.3, -0.25) is 9.59 Å². The van der Waals surface area contributed by atoms with Gasteiger partial charge in [-0.05, 0) is 56.2 Å². The number of amides is 2. The first-order valence-corrected chi connectivity index (χ1v) is 9.47. The summed E-state index contributed by atoms with van der Waals surface area (Å²) in [5.74, 6) is 0.0220. The van der Waals surface area contributed by atoms with Crippen molar-refractivity contribution in [1.29, 1.82) is 0 Å². The lowest BCUT2D eigenvalue weighted by molar-refractivity contribution is 0.0761. The van der Waals surface area contributed by atoms with E-state index in [0.717, 1.165) is 31.6 Å². The Labute approximate surface area is 155 Å². The summed E-state index contributed by atoms with van der Waals surface area (Å²) in [6.45, 7) is 4.22. The number of hydrogen-bond donors (Lipinski definition) is 0. The SMILES string of the molecule is CCN(C(=O)c1ccc(C(=O)N2CCCCCC2)cc1)c1ccccc1. The molecule has 1 aliphatic rings. The van der Waals surface area contributed by atoms with Crippen molar-refractivity contribution in [2.24, 2.45) is 0 Å². The molecule has 0 atom stereocenters. The highest BCUT2D eigenvalue weighted by Crippen LogP contribution is 2.18. The van der Waals surface area contributed by atoms with E-state index >= 15 is 0 Å².